The second-order valence-corrected chi connectivity index (χ2v) is 5.24. The molecule has 2 aromatic rings. The minimum absolute atomic E-state index is 0.621. The number of fused-ring (bicyclic) bond motifs is 1. The highest BCUT2D eigenvalue weighted by atomic mass is 16.6. The molecule has 0 bridgehead atoms. The largest absolute Gasteiger partial charge is 0.486 e. The molecular formula is C15H16N2O2. The van der Waals surface area contributed by atoms with Crippen LogP contribution in [0.1, 0.15) is 30.1 Å². The van der Waals surface area contributed by atoms with E-state index in [-0.39, 0.29) is 0 Å². The maximum Gasteiger partial charge on any atom is 0.161 e. The minimum Gasteiger partial charge on any atom is -0.486 e. The van der Waals surface area contributed by atoms with Crippen LogP contribution in [0.15, 0.2) is 18.2 Å². The molecule has 1 aromatic heterocycles. The molecular weight excluding hydrogens is 240 g/mol. The summed E-state index contributed by atoms with van der Waals surface area (Å²) in [5, 5.41) is 7.58. The molecule has 0 atom stereocenters. The van der Waals surface area contributed by atoms with Gasteiger partial charge in [-0.05, 0) is 37.5 Å². The average Bonchev–Trinajstić information content (AvgIpc) is 3.21. The van der Waals surface area contributed by atoms with Crippen LogP contribution >= 0.6 is 0 Å². The van der Waals surface area contributed by atoms with E-state index in [0.717, 1.165) is 22.8 Å². The van der Waals surface area contributed by atoms with Crippen LogP contribution in [0.4, 0.5) is 0 Å². The van der Waals surface area contributed by atoms with Crippen molar-refractivity contribution in [1.82, 2.24) is 10.2 Å². The molecule has 1 N–H and O–H groups in total. The highest BCUT2D eigenvalue weighted by Crippen LogP contribution is 2.45. The van der Waals surface area contributed by atoms with E-state index < -0.39 is 0 Å². The van der Waals surface area contributed by atoms with E-state index >= 15 is 0 Å². The van der Waals surface area contributed by atoms with Gasteiger partial charge in [0.1, 0.15) is 13.2 Å². The molecule has 19 heavy (non-hydrogen) atoms. The Morgan fingerprint density at radius 2 is 1.95 bits per heavy atom. The van der Waals surface area contributed by atoms with Gasteiger partial charge in [0.15, 0.2) is 11.5 Å². The Morgan fingerprint density at radius 3 is 2.74 bits per heavy atom. The highest BCUT2D eigenvalue weighted by molar-refractivity contribution is 5.72. The van der Waals surface area contributed by atoms with E-state index in [1.807, 2.05) is 6.07 Å². The minimum atomic E-state index is 0.621. The van der Waals surface area contributed by atoms with Crippen LogP contribution < -0.4 is 9.47 Å². The van der Waals surface area contributed by atoms with Gasteiger partial charge in [-0.3, -0.25) is 5.10 Å². The van der Waals surface area contributed by atoms with Gasteiger partial charge in [0.25, 0.3) is 0 Å². The molecule has 98 valence electrons. The number of rotatable bonds is 2. The van der Waals surface area contributed by atoms with Gasteiger partial charge in [0.05, 0.1) is 5.69 Å². The van der Waals surface area contributed by atoms with Crippen molar-refractivity contribution < 1.29 is 9.47 Å². The van der Waals surface area contributed by atoms with Gasteiger partial charge >= 0.3 is 0 Å². The van der Waals surface area contributed by atoms with Gasteiger partial charge in [-0.15, -0.1) is 0 Å². The molecule has 1 aliphatic heterocycles. The first-order chi connectivity index (χ1) is 9.33. The van der Waals surface area contributed by atoms with Gasteiger partial charge in [-0.1, -0.05) is 6.07 Å². The lowest BCUT2D eigenvalue weighted by molar-refractivity contribution is 0.171. The molecule has 2 heterocycles. The van der Waals surface area contributed by atoms with Crippen molar-refractivity contribution in [3.05, 3.63) is 29.6 Å². The molecule has 1 saturated carbocycles. The second-order valence-electron chi connectivity index (χ2n) is 5.24. The summed E-state index contributed by atoms with van der Waals surface area (Å²) in [4.78, 5) is 0. The lowest BCUT2D eigenvalue weighted by atomic mass is 10.0. The van der Waals surface area contributed by atoms with Crippen molar-refractivity contribution in [2.75, 3.05) is 13.2 Å². The van der Waals surface area contributed by atoms with Crippen molar-refractivity contribution >= 4 is 0 Å². The number of aromatic nitrogens is 2. The maximum absolute atomic E-state index is 5.66. The first-order valence-corrected chi connectivity index (χ1v) is 6.78. The first kappa shape index (κ1) is 10.9. The van der Waals surface area contributed by atoms with Gasteiger partial charge in [-0.25, -0.2) is 0 Å². The number of H-pyrrole nitrogens is 1. The molecule has 4 rings (SSSR count). The van der Waals surface area contributed by atoms with Crippen molar-refractivity contribution in [1.29, 1.82) is 0 Å². The van der Waals surface area contributed by atoms with Crippen molar-refractivity contribution in [3.8, 4) is 22.6 Å². The molecule has 4 nitrogen and oxygen atoms in total. The molecule has 0 amide bonds. The Morgan fingerprint density at radius 1 is 1.16 bits per heavy atom. The zero-order valence-corrected chi connectivity index (χ0v) is 10.9. The first-order valence-electron chi connectivity index (χ1n) is 6.78. The van der Waals surface area contributed by atoms with E-state index in [1.54, 1.807) is 0 Å². The van der Waals surface area contributed by atoms with Crippen LogP contribution in [0, 0.1) is 6.92 Å². The van der Waals surface area contributed by atoms with Crippen LogP contribution in [-0.2, 0) is 0 Å². The lowest BCUT2D eigenvalue weighted by Crippen LogP contribution is -2.15. The Labute approximate surface area is 111 Å². The number of benzene rings is 1. The third kappa shape index (κ3) is 1.79. The van der Waals surface area contributed by atoms with E-state index in [0.29, 0.717) is 19.1 Å². The fourth-order valence-corrected chi connectivity index (χ4v) is 2.66. The maximum atomic E-state index is 5.66. The predicted octanol–water partition coefficient (Wildman–Crippen LogP) is 3.03. The number of aryl methyl sites for hydroxylation is 1. The van der Waals surface area contributed by atoms with Crippen LogP contribution in [-0.4, -0.2) is 23.4 Å². The van der Waals surface area contributed by atoms with E-state index in [4.69, 9.17) is 9.47 Å². The second kappa shape index (κ2) is 4.02. The summed E-state index contributed by atoms with van der Waals surface area (Å²) in [5.74, 6) is 2.31. The summed E-state index contributed by atoms with van der Waals surface area (Å²) >= 11 is 0. The van der Waals surface area contributed by atoms with Crippen molar-refractivity contribution in [2.24, 2.45) is 0 Å². The molecule has 4 heteroatoms. The van der Waals surface area contributed by atoms with Crippen molar-refractivity contribution in [2.45, 2.75) is 25.7 Å². The highest BCUT2D eigenvalue weighted by Gasteiger charge is 2.30. The Hall–Kier alpha value is -1.97. The zero-order chi connectivity index (χ0) is 12.8. The summed E-state index contributed by atoms with van der Waals surface area (Å²) in [6, 6.07) is 6.16. The molecule has 0 spiro atoms. The average molecular weight is 256 g/mol. The summed E-state index contributed by atoms with van der Waals surface area (Å²) in [5.41, 5.74) is 4.73. The lowest BCUT2D eigenvalue weighted by Gasteiger charge is -2.19. The molecule has 2 aliphatic rings. The molecule has 1 aromatic carbocycles. The third-order valence-corrected chi connectivity index (χ3v) is 3.77. The molecule has 0 saturated heterocycles. The fraction of sp³-hybridized carbons (Fsp3) is 0.400. The Bertz CT molecular complexity index is 629. The number of aromatic amines is 1. The van der Waals surface area contributed by atoms with E-state index in [1.165, 1.54) is 24.1 Å². The van der Waals surface area contributed by atoms with Crippen LogP contribution in [0.2, 0.25) is 0 Å². The van der Waals surface area contributed by atoms with Crippen molar-refractivity contribution in [3.63, 3.8) is 0 Å². The zero-order valence-electron chi connectivity index (χ0n) is 10.9. The van der Waals surface area contributed by atoms with Gasteiger partial charge in [0.2, 0.25) is 0 Å². The molecule has 1 aliphatic carbocycles. The van der Waals surface area contributed by atoms with Gasteiger partial charge < -0.3 is 9.47 Å². The smallest absolute Gasteiger partial charge is 0.161 e. The Balaban J connectivity index is 1.81. The Kier molecular flexibility index (Phi) is 2.31. The standard InChI is InChI=1S/C15H16N2O2/c1-9-14(15(17-16-9)10-2-3-10)11-4-5-12-13(8-11)19-7-6-18-12/h4-5,8,10H,2-3,6-7H2,1H3,(H,16,17). The monoisotopic (exact) mass is 256 g/mol. The third-order valence-electron chi connectivity index (χ3n) is 3.77. The molecule has 0 unspecified atom stereocenters. The van der Waals surface area contributed by atoms with Gasteiger partial charge in [0, 0.05) is 17.2 Å². The number of hydrogen-bond donors (Lipinski definition) is 1. The topological polar surface area (TPSA) is 47.1 Å². The number of nitrogens with zero attached hydrogens (tertiary/aromatic N) is 1. The number of hydrogen-bond acceptors (Lipinski definition) is 3. The fourth-order valence-electron chi connectivity index (χ4n) is 2.66. The molecule has 0 radical (unpaired) electrons. The SMILES string of the molecule is Cc1[nH]nc(C2CC2)c1-c1ccc2c(c1)OCCO2. The number of ether oxygens (including phenoxy) is 2. The van der Waals surface area contributed by atoms with Crippen LogP contribution in [0.3, 0.4) is 0 Å². The predicted molar refractivity (Wildman–Crippen MR) is 71.7 cm³/mol. The summed E-state index contributed by atoms with van der Waals surface area (Å²) < 4.78 is 11.2. The number of nitrogens with one attached hydrogen (secondary N) is 1. The van der Waals surface area contributed by atoms with E-state index in [9.17, 15) is 0 Å². The van der Waals surface area contributed by atoms with E-state index in [2.05, 4.69) is 29.3 Å². The molecule has 1 fully saturated rings. The normalized spacial score (nSPS) is 17.5. The van der Waals surface area contributed by atoms with Crippen LogP contribution in [0.5, 0.6) is 11.5 Å². The van der Waals surface area contributed by atoms with Gasteiger partial charge in [-0.2, -0.15) is 5.10 Å². The van der Waals surface area contributed by atoms with Crippen LogP contribution in [0.25, 0.3) is 11.1 Å². The summed E-state index contributed by atoms with van der Waals surface area (Å²) in [7, 11) is 0. The summed E-state index contributed by atoms with van der Waals surface area (Å²) in [6.07, 6.45) is 2.50. The summed E-state index contributed by atoms with van der Waals surface area (Å²) in [6.45, 7) is 3.33. The quantitative estimate of drug-likeness (QED) is 0.898.